The third kappa shape index (κ3) is 5.18. The number of amidine groups is 1. The van der Waals surface area contributed by atoms with Crippen LogP contribution in [0.1, 0.15) is 19.4 Å². The molecule has 27 heavy (non-hydrogen) atoms. The topological polar surface area (TPSA) is 32.7 Å². The summed E-state index contributed by atoms with van der Waals surface area (Å²) >= 11 is 9.18. The molecule has 0 aliphatic carbocycles. The van der Waals surface area contributed by atoms with Crippen LogP contribution in [0.3, 0.4) is 0 Å². The van der Waals surface area contributed by atoms with E-state index < -0.39 is 0 Å². The molecule has 6 heteroatoms. The molecule has 140 valence electrons. The van der Waals surface area contributed by atoms with Crippen molar-refractivity contribution in [2.45, 2.75) is 18.7 Å². The van der Waals surface area contributed by atoms with Crippen LogP contribution in [0.5, 0.6) is 0 Å². The van der Waals surface area contributed by atoms with E-state index in [-0.39, 0.29) is 5.91 Å². The van der Waals surface area contributed by atoms with Crippen molar-refractivity contribution in [3.8, 4) is 0 Å². The fourth-order valence-corrected chi connectivity index (χ4v) is 4.23. The second-order valence-electron chi connectivity index (χ2n) is 6.57. The Morgan fingerprint density at radius 3 is 2.59 bits per heavy atom. The summed E-state index contributed by atoms with van der Waals surface area (Å²) in [6.45, 7) is 4.82. The standard InChI is InChI=1S/C21H21ClN2OS2/c1-14(2)13-24-20(25)19(11-15-7-9-18(26-3)10-8-15)27-21(24)23-17-6-4-5-16(22)12-17/h4-12,14H,13H2,1-3H3/b19-11+,23-21?. The van der Waals surface area contributed by atoms with E-state index >= 15 is 0 Å². The second-order valence-corrected chi connectivity index (χ2v) is 8.89. The van der Waals surface area contributed by atoms with Crippen molar-refractivity contribution in [2.75, 3.05) is 12.8 Å². The Bertz CT molecular complexity index is 891. The van der Waals surface area contributed by atoms with E-state index in [9.17, 15) is 4.79 Å². The predicted molar refractivity (Wildman–Crippen MR) is 119 cm³/mol. The Kier molecular flexibility index (Phi) is 6.68. The van der Waals surface area contributed by atoms with Crippen molar-refractivity contribution in [3.63, 3.8) is 0 Å². The minimum atomic E-state index is 0.00317. The van der Waals surface area contributed by atoms with Gasteiger partial charge in [-0.1, -0.05) is 43.6 Å². The number of amides is 1. The molecule has 0 atom stereocenters. The lowest BCUT2D eigenvalue weighted by atomic mass is 10.2. The van der Waals surface area contributed by atoms with E-state index in [1.165, 1.54) is 16.7 Å². The zero-order chi connectivity index (χ0) is 19.4. The highest BCUT2D eigenvalue weighted by atomic mass is 35.5. The summed E-state index contributed by atoms with van der Waals surface area (Å²) < 4.78 is 0. The third-order valence-corrected chi connectivity index (χ3v) is 5.87. The maximum Gasteiger partial charge on any atom is 0.266 e. The van der Waals surface area contributed by atoms with Gasteiger partial charge in [0.15, 0.2) is 5.17 Å². The van der Waals surface area contributed by atoms with Crippen molar-refractivity contribution in [3.05, 3.63) is 64.0 Å². The molecule has 1 saturated heterocycles. The molecule has 1 fully saturated rings. The summed E-state index contributed by atoms with van der Waals surface area (Å²) in [7, 11) is 0. The minimum Gasteiger partial charge on any atom is -0.286 e. The van der Waals surface area contributed by atoms with Gasteiger partial charge in [0.25, 0.3) is 5.91 Å². The first-order valence-corrected chi connectivity index (χ1v) is 11.1. The SMILES string of the molecule is CSc1ccc(/C=C2/SC(=Nc3cccc(Cl)c3)N(CC(C)C)C2=O)cc1. The zero-order valence-electron chi connectivity index (χ0n) is 15.5. The maximum atomic E-state index is 13.0. The van der Waals surface area contributed by atoms with E-state index in [2.05, 4.69) is 31.0 Å². The van der Waals surface area contributed by atoms with Crippen molar-refractivity contribution in [2.24, 2.45) is 10.9 Å². The molecule has 0 spiro atoms. The van der Waals surface area contributed by atoms with Crippen LogP contribution >= 0.6 is 35.1 Å². The number of rotatable bonds is 5. The van der Waals surface area contributed by atoms with E-state index in [0.29, 0.717) is 27.6 Å². The van der Waals surface area contributed by atoms with Crippen LogP contribution in [0.2, 0.25) is 5.02 Å². The lowest BCUT2D eigenvalue weighted by Crippen LogP contribution is -2.32. The summed E-state index contributed by atoms with van der Waals surface area (Å²) in [5, 5.41) is 1.33. The number of carbonyl (C=O) groups is 1. The summed E-state index contributed by atoms with van der Waals surface area (Å²) in [5.41, 5.74) is 1.76. The molecule has 0 unspecified atom stereocenters. The van der Waals surface area contributed by atoms with Crippen molar-refractivity contribution in [1.29, 1.82) is 0 Å². The van der Waals surface area contributed by atoms with E-state index in [1.807, 2.05) is 42.7 Å². The number of benzene rings is 2. The number of halogens is 1. The fraction of sp³-hybridized carbons (Fsp3) is 0.238. The first-order chi connectivity index (χ1) is 13.0. The molecule has 1 aliphatic rings. The van der Waals surface area contributed by atoms with Gasteiger partial charge in [-0.25, -0.2) is 4.99 Å². The lowest BCUT2D eigenvalue weighted by Gasteiger charge is -2.17. The summed E-state index contributed by atoms with van der Waals surface area (Å²) in [4.78, 5) is 21.3. The highest BCUT2D eigenvalue weighted by molar-refractivity contribution is 8.18. The molecule has 0 N–H and O–H groups in total. The van der Waals surface area contributed by atoms with Crippen molar-refractivity contribution < 1.29 is 4.79 Å². The molecule has 3 rings (SSSR count). The van der Waals surface area contributed by atoms with Crippen LogP contribution in [-0.4, -0.2) is 28.8 Å². The molecule has 0 bridgehead atoms. The molecular weight excluding hydrogens is 396 g/mol. The molecule has 3 nitrogen and oxygen atoms in total. The predicted octanol–water partition coefficient (Wildman–Crippen LogP) is 6.32. The van der Waals surface area contributed by atoms with Gasteiger partial charge in [-0.2, -0.15) is 0 Å². The Hall–Kier alpha value is -1.69. The molecule has 1 heterocycles. The normalized spacial score (nSPS) is 17.5. The van der Waals surface area contributed by atoms with Crippen LogP contribution in [0.15, 0.2) is 63.3 Å². The van der Waals surface area contributed by atoms with Gasteiger partial charge in [0, 0.05) is 16.5 Å². The molecule has 0 aromatic heterocycles. The molecular formula is C21H21ClN2OS2. The second kappa shape index (κ2) is 9.00. The van der Waals surface area contributed by atoms with E-state index in [4.69, 9.17) is 11.6 Å². The summed E-state index contributed by atoms with van der Waals surface area (Å²) in [6.07, 6.45) is 3.98. The zero-order valence-corrected chi connectivity index (χ0v) is 17.9. The van der Waals surface area contributed by atoms with E-state index in [0.717, 1.165) is 11.3 Å². The molecule has 1 aliphatic heterocycles. The van der Waals surface area contributed by atoms with E-state index in [1.54, 1.807) is 22.7 Å². The fourth-order valence-electron chi connectivity index (χ4n) is 2.63. The Balaban J connectivity index is 1.93. The Morgan fingerprint density at radius 1 is 1.22 bits per heavy atom. The number of nitrogens with zero attached hydrogens (tertiary/aromatic N) is 2. The molecule has 0 radical (unpaired) electrons. The van der Waals surface area contributed by atoms with Gasteiger partial charge < -0.3 is 0 Å². The third-order valence-electron chi connectivity index (χ3n) is 3.88. The molecule has 2 aromatic carbocycles. The van der Waals surface area contributed by atoms with Crippen LogP contribution in [-0.2, 0) is 4.79 Å². The van der Waals surface area contributed by atoms with Crippen LogP contribution in [0.25, 0.3) is 6.08 Å². The highest BCUT2D eigenvalue weighted by Crippen LogP contribution is 2.35. The van der Waals surface area contributed by atoms with Crippen LogP contribution < -0.4 is 0 Å². The smallest absolute Gasteiger partial charge is 0.266 e. The summed E-state index contributed by atoms with van der Waals surface area (Å²) in [5.74, 6) is 0.350. The van der Waals surface area contributed by atoms with Gasteiger partial charge in [-0.15, -0.1) is 11.8 Å². The van der Waals surface area contributed by atoms with Crippen LogP contribution in [0.4, 0.5) is 5.69 Å². The number of aliphatic imine (C=N–C) groups is 1. The molecule has 2 aromatic rings. The monoisotopic (exact) mass is 416 g/mol. The Labute approximate surface area is 173 Å². The van der Waals surface area contributed by atoms with Gasteiger partial charge in [-0.05, 0) is 65.9 Å². The number of carbonyl (C=O) groups excluding carboxylic acids is 1. The molecule has 0 saturated carbocycles. The summed E-state index contributed by atoms with van der Waals surface area (Å²) in [6, 6.07) is 15.6. The van der Waals surface area contributed by atoms with Gasteiger partial charge in [0.05, 0.1) is 10.6 Å². The van der Waals surface area contributed by atoms with Crippen molar-refractivity contribution in [1.82, 2.24) is 4.90 Å². The first kappa shape index (κ1) is 20.1. The lowest BCUT2D eigenvalue weighted by molar-refractivity contribution is -0.122. The number of hydrogen-bond acceptors (Lipinski definition) is 4. The minimum absolute atomic E-state index is 0.00317. The number of hydrogen-bond donors (Lipinski definition) is 0. The van der Waals surface area contributed by atoms with Crippen molar-refractivity contribution >= 4 is 58.0 Å². The average Bonchev–Trinajstić information content (AvgIpc) is 2.91. The van der Waals surface area contributed by atoms with Gasteiger partial charge in [0.1, 0.15) is 0 Å². The average molecular weight is 417 g/mol. The maximum absolute atomic E-state index is 13.0. The quantitative estimate of drug-likeness (QED) is 0.422. The number of thioether (sulfide) groups is 2. The first-order valence-electron chi connectivity index (χ1n) is 8.66. The molecule has 1 amide bonds. The van der Waals surface area contributed by atoms with Crippen LogP contribution in [0, 0.1) is 5.92 Å². The van der Waals surface area contributed by atoms with Gasteiger partial charge >= 0.3 is 0 Å². The Morgan fingerprint density at radius 2 is 1.96 bits per heavy atom. The largest absolute Gasteiger partial charge is 0.286 e. The van der Waals surface area contributed by atoms with Gasteiger partial charge in [-0.3, -0.25) is 9.69 Å². The highest BCUT2D eigenvalue weighted by Gasteiger charge is 2.33. The van der Waals surface area contributed by atoms with Gasteiger partial charge in [0.2, 0.25) is 0 Å².